The van der Waals surface area contributed by atoms with Gasteiger partial charge in [-0.2, -0.15) is 0 Å². The maximum Gasteiger partial charge on any atom is 0.311 e. The van der Waals surface area contributed by atoms with E-state index in [1.54, 1.807) is 24.3 Å². The topological polar surface area (TPSA) is 87.6 Å². The second-order valence-electron chi connectivity index (χ2n) is 3.76. The Hall–Kier alpha value is -2.76. The zero-order valence-electron chi connectivity index (χ0n) is 10.2. The predicted molar refractivity (Wildman–Crippen MR) is 70.6 cm³/mol. The monoisotopic (exact) mass is 260 g/mol. The highest BCUT2D eigenvalue weighted by Gasteiger charge is 2.15. The minimum atomic E-state index is -0.508. The molecule has 98 valence electrons. The quantitative estimate of drug-likeness (QED) is 0.518. The number of nitrogens with zero attached hydrogens (tertiary/aromatic N) is 1. The maximum atomic E-state index is 10.8. The molecule has 2 rings (SSSR count). The van der Waals surface area contributed by atoms with Crippen LogP contribution in [0, 0.1) is 10.1 Å². The molecule has 0 spiro atoms. The number of nitro benzene ring substituents is 1. The van der Waals surface area contributed by atoms with Gasteiger partial charge in [-0.1, -0.05) is 0 Å². The Morgan fingerprint density at radius 3 is 2.32 bits per heavy atom. The van der Waals surface area contributed by atoms with Crippen molar-refractivity contribution in [3.63, 3.8) is 0 Å². The molecule has 0 fully saturated rings. The van der Waals surface area contributed by atoms with Gasteiger partial charge in [0.1, 0.15) is 11.5 Å². The lowest BCUT2D eigenvalue weighted by Crippen LogP contribution is -1.94. The van der Waals surface area contributed by atoms with Crippen LogP contribution in [0.4, 0.5) is 11.4 Å². The molecule has 0 saturated heterocycles. The number of benzene rings is 2. The fourth-order valence-corrected chi connectivity index (χ4v) is 1.54. The highest BCUT2D eigenvalue weighted by atomic mass is 16.6. The van der Waals surface area contributed by atoms with Crippen LogP contribution in [0.2, 0.25) is 0 Å². The van der Waals surface area contributed by atoms with Gasteiger partial charge in [-0.25, -0.2) is 0 Å². The summed E-state index contributed by atoms with van der Waals surface area (Å²) in [5.41, 5.74) is 6.10. The molecule has 19 heavy (non-hydrogen) atoms. The predicted octanol–water partition coefficient (Wildman–Crippen LogP) is 2.98. The molecule has 2 aromatic carbocycles. The molecular formula is C13H12N2O4. The summed E-state index contributed by atoms with van der Waals surface area (Å²) in [4.78, 5) is 10.3. The van der Waals surface area contributed by atoms with Crippen molar-refractivity contribution in [1.82, 2.24) is 0 Å². The Labute approximate surface area is 109 Å². The first-order valence-electron chi connectivity index (χ1n) is 5.46. The summed E-state index contributed by atoms with van der Waals surface area (Å²) in [6, 6.07) is 11.2. The van der Waals surface area contributed by atoms with E-state index in [4.69, 9.17) is 15.2 Å². The van der Waals surface area contributed by atoms with E-state index in [1.165, 1.54) is 25.3 Å². The number of nitro groups is 1. The van der Waals surface area contributed by atoms with Crippen molar-refractivity contribution in [3.05, 3.63) is 52.6 Å². The number of ether oxygens (including phenoxy) is 2. The molecule has 0 bridgehead atoms. The maximum absolute atomic E-state index is 10.8. The first-order valence-corrected chi connectivity index (χ1v) is 5.46. The van der Waals surface area contributed by atoms with E-state index < -0.39 is 4.92 Å². The van der Waals surface area contributed by atoms with Gasteiger partial charge in [0.15, 0.2) is 0 Å². The van der Waals surface area contributed by atoms with Crippen molar-refractivity contribution >= 4 is 11.4 Å². The van der Waals surface area contributed by atoms with Crippen LogP contribution in [0.15, 0.2) is 42.5 Å². The summed E-state index contributed by atoms with van der Waals surface area (Å²) in [5.74, 6) is 1.19. The minimum Gasteiger partial charge on any atom is -0.490 e. The molecule has 0 radical (unpaired) electrons. The number of anilines is 1. The van der Waals surface area contributed by atoms with Gasteiger partial charge in [-0.3, -0.25) is 10.1 Å². The molecule has 0 atom stereocenters. The fraction of sp³-hybridized carbons (Fsp3) is 0.0769. The molecule has 2 N–H and O–H groups in total. The first kappa shape index (κ1) is 12.7. The largest absolute Gasteiger partial charge is 0.490 e. The molecular weight excluding hydrogens is 248 g/mol. The molecule has 0 aliphatic heterocycles. The number of nitrogen functional groups attached to an aromatic ring is 1. The molecule has 0 aliphatic carbocycles. The van der Waals surface area contributed by atoms with Gasteiger partial charge in [0.25, 0.3) is 0 Å². The lowest BCUT2D eigenvalue weighted by Gasteiger charge is -2.07. The van der Waals surface area contributed by atoms with Crippen LogP contribution in [0.25, 0.3) is 0 Å². The second-order valence-corrected chi connectivity index (χ2v) is 3.76. The summed E-state index contributed by atoms with van der Waals surface area (Å²) >= 11 is 0. The first-order chi connectivity index (χ1) is 9.10. The lowest BCUT2D eigenvalue weighted by atomic mass is 10.2. The van der Waals surface area contributed by atoms with Gasteiger partial charge in [-0.15, -0.1) is 0 Å². The van der Waals surface area contributed by atoms with Crippen molar-refractivity contribution in [2.24, 2.45) is 0 Å². The zero-order valence-corrected chi connectivity index (χ0v) is 10.2. The molecule has 0 unspecified atom stereocenters. The molecule has 6 nitrogen and oxygen atoms in total. The highest BCUT2D eigenvalue weighted by molar-refractivity contribution is 5.51. The molecule has 0 heterocycles. The van der Waals surface area contributed by atoms with E-state index in [2.05, 4.69) is 0 Å². The van der Waals surface area contributed by atoms with Crippen LogP contribution >= 0.6 is 0 Å². The zero-order chi connectivity index (χ0) is 13.8. The second kappa shape index (κ2) is 5.26. The van der Waals surface area contributed by atoms with Gasteiger partial charge in [-0.05, 0) is 30.3 Å². The van der Waals surface area contributed by atoms with Gasteiger partial charge < -0.3 is 15.2 Å². The summed E-state index contributed by atoms with van der Waals surface area (Å²) in [6.45, 7) is 0. The summed E-state index contributed by atoms with van der Waals surface area (Å²) < 4.78 is 10.5. The third kappa shape index (κ3) is 2.92. The van der Waals surface area contributed by atoms with Crippen molar-refractivity contribution in [2.45, 2.75) is 0 Å². The molecule has 0 aliphatic rings. The van der Waals surface area contributed by atoms with Gasteiger partial charge in [0.2, 0.25) is 5.75 Å². The van der Waals surface area contributed by atoms with Crippen molar-refractivity contribution < 1.29 is 14.4 Å². The Morgan fingerprint density at radius 2 is 1.74 bits per heavy atom. The number of hydrogen-bond donors (Lipinski definition) is 1. The minimum absolute atomic E-state index is 0.104. The Morgan fingerprint density at radius 1 is 1.11 bits per heavy atom. The fourth-order valence-electron chi connectivity index (χ4n) is 1.54. The smallest absolute Gasteiger partial charge is 0.311 e. The molecule has 6 heteroatoms. The standard InChI is InChI=1S/C13H12N2O4/c1-18-13-8-11(6-7-12(13)15(16)17)19-10-4-2-9(14)3-5-10/h2-8H,14H2,1H3. The number of nitrogens with two attached hydrogens (primary N) is 1. The number of rotatable bonds is 4. The van der Waals surface area contributed by atoms with E-state index in [1.807, 2.05) is 0 Å². The van der Waals surface area contributed by atoms with E-state index in [-0.39, 0.29) is 11.4 Å². The van der Waals surface area contributed by atoms with Gasteiger partial charge >= 0.3 is 5.69 Å². The highest BCUT2D eigenvalue weighted by Crippen LogP contribution is 2.32. The van der Waals surface area contributed by atoms with Crippen molar-refractivity contribution in [3.8, 4) is 17.2 Å². The lowest BCUT2D eigenvalue weighted by molar-refractivity contribution is -0.385. The van der Waals surface area contributed by atoms with E-state index in [9.17, 15) is 10.1 Å². The SMILES string of the molecule is COc1cc(Oc2ccc(N)cc2)ccc1[N+](=O)[O-]. The van der Waals surface area contributed by atoms with Crippen LogP contribution in [-0.2, 0) is 0 Å². The Balaban J connectivity index is 2.26. The summed E-state index contributed by atoms with van der Waals surface area (Å²) in [6.07, 6.45) is 0. The van der Waals surface area contributed by atoms with Crippen LogP contribution in [0.1, 0.15) is 0 Å². The van der Waals surface area contributed by atoms with Crippen LogP contribution < -0.4 is 15.2 Å². The van der Waals surface area contributed by atoms with E-state index in [0.717, 1.165) is 0 Å². The molecule has 0 saturated carbocycles. The average molecular weight is 260 g/mol. The Bertz CT molecular complexity index is 596. The third-order valence-electron chi connectivity index (χ3n) is 2.46. The van der Waals surface area contributed by atoms with Gasteiger partial charge in [0.05, 0.1) is 12.0 Å². The Kier molecular flexibility index (Phi) is 3.51. The third-order valence-corrected chi connectivity index (χ3v) is 2.46. The molecule has 2 aromatic rings. The van der Waals surface area contributed by atoms with Crippen LogP contribution in [0.5, 0.6) is 17.2 Å². The van der Waals surface area contributed by atoms with E-state index >= 15 is 0 Å². The average Bonchev–Trinajstić information content (AvgIpc) is 2.41. The number of methoxy groups -OCH3 is 1. The van der Waals surface area contributed by atoms with Crippen molar-refractivity contribution in [1.29, 1.82) is 0 Å². The van der Waals surface area contributed by atoms with E-state index in [0.29, 0.717) is 17.2 Å². The summed E-state index contributed by atoms with van der Waals surface area (Å²) in [5, 5.41) is 10.8. The van der Waals surface area contributed by atoms with Crippen LogP contribution in [0.3, 0.4) is 0 Å². The molecule has 0 aromatic heterocycles. The summed E-state index contributed by atoms with van der Waals surface area (Å²) in [7, 11) is 1.37. The number of hydrogen-bond acceptors (Lipinski definition) is 5. The van der Waals surface area contributed by atoms with Gasteiger partial charge in [0, 0.05) is 17.8 Å². The van der Waals surface area contributed by atoms with Crippen molar-refractivity contribution in [2.75, 3.05) is 12.8 Å². The molecule has 0 amide bonds. The van der Waals surface area contributed by atoms with Crippen LogP contribution in [-0.4, -0.2) is 12.0 Å². The normalized spacial score (nSPS) is 9.95.